The molecule has 0 bridgehead atoms. The number of rotatable bonds is 8. The van der Waals surface area contributed by atoms with E-state index >= 15 is 0 Å². The Bertz CT molecular complexity index is 1170. The Morgan fingerprint density at radius 2 is 2.03 bits per heavy atom. The number of carbonyl (C=O) groups is 1. The molecule has 3 aromatic rings. The first-order chi connectivity index (χ1) is 15.5. The summed E-state index contributed by atoms with van der Waals surface area (Å²) in [5, 5.41) is 14.5. The van der Waals surface area contributed by atoms with Crippen LogP contribution in [0.15, 0.2) is 48.8 Å². The van der Waals surface area contributed by atoms with Gasteiger partial charge in [-0.25, -0.2) is 9.78 Å². The summed E-state index contributed by atoms with van der Waals surface area (Å²) in [5.74, 6) is -0.0804. The molecule has 0 amide bonds. The van der Waals surface area contributed by atoms with Gasteiger partial charge in [-0.1, -0.05) is 23.7 Å². The first-order valence-electron chi connectivity index (χ1n) is 10.4. The number of halogens is 1. The van der Waals surface area contributed by atoms with Crippen molar-refractivity contribution in [2.75, 3.05) is 17.6 Å². The molecule has 0 unspecified atom stereocenters. The third-order valence-electron chi connectivity index (χ3n) is 4.63. The Balaban J connectivity index is 1.71. The summed E-state index contributed by atoms with van der Waals surface area (Å²) in [5.41, 5.74) is 6.81. The highest BCUT2D eigenvalue weighted by Crippen LogP contribution is 2.29. The predicted molar refractivity (Wildman–Crippen MR) is 128 cm³/mol. The average molecular weight is 472 g/mol. The number of benzene rings is 1. The van der Waals surface area contributed by atoms with E-state index in [1.54, 1.807) is 18.3 Å². The number of nitrogens with one attached hydrogen (secondary N) is 1. The second-order valence-electron chi connectivity index (χ2n) is 8.47. The number of anilines is 2. The lowest BCUT2D eigenvalue weighted by atomic mass is 10.0. The van der Waals surface area contributed by atoms with Crippen molar-refractivity contribution in [2.24, 2.45) is 0 Å². The molecule has 0 saturated heterocycles. The number of ether oxygens (including phenoxy) is 1. The molecule has 2 heterocycles. The van der Waals surface area contributed by atoms with Gasteiger partial charge < -0.3 is 20.4 Å². The van der Waals surface area contributed by atoms with Crippen molar-refractivity contribution in [1.82, 2.24) is 9.55 Å². The monoisotopic (exact) mass is 471 g/mol. The van der Waals surface area contributed by atoms with Crippen LogP contribution in [0.5, 0.6) is 0 Å². The predicted octanol–water partition coefficient (Wildman–Crippen LogP) is 5.15. The second-order valence-corrected chi connectivity index (χ2v) is 8.91. The van der Waals surface area contributed by atoms with Gasteiger partial charge >= 0.3 is 11.7 Å². The fourth-order valence-electron chi connectivity index (χ4n) is 3.22. The van der Waals surface area contributed by atoms with Gasteiger partial charge in [0.05, 0.1) is 10.5 Å². The number of hydrogen-bond donors (Lipinski definition) is 2. The van der Waals surface area contributed by atoms with Crippen molar-refractivity contribution >= 4 is 34.9 Å². The second kappa shape index (κ2) is 9.91. The van der Waals surface area contributed by atoms with Crippen molar-refractivity contribution in [3.05, 3.63) is 69.5 Å². The standard InChI is InChI=1S/C23H26ClN5O4/c1-23(2,3)33-22(30)18-14-28(13-17(18)15-6-4-7-16(24)12-15)11-5-10-26-20-9-8-19(29(31)32)21(25)27-20/h4,6-9,12-14H,5,10-11H2,1-3H3,(H3,25,26,27). The summed E-state index contributed by atoms with van der Waals surface area (Å²) in [4.78, 5) is 27.1. The molecular weight excluding hydrogens is 446 g/mol. The highest BCUT2D eigenvalue weighted by molar-refractivity contribution is 6.30. The minimum Gasteiger partial charge on any atom is -0.456 e. The van der Waals surface area contributed by atoms with E-state index in [0.29, 0.717) is 35.9 Å². The van der Waals surface area contributed by atoms with Crippen LogP contribution in [0.3, 0.4) is 0 Å². The maximum absolute atomic E-state index is 12.8. The van der Waals surface area contributed by atoms with E-state index in [2.05, 4.69) is 10.3 Å². The lowest BCUT2D eigenvalue weighted by molar-refractivity contribution is -0.384. The molecule has 0 radical (unpaired) electrons. The molecule has 0 atom stereocenters. The highest BCUT2D eigenvalue weighted by atomic mass is 35.5. The molecule has 0 saturated carbocycles. The van der Waals surface area contributed by atoms with Gasteiger partial charge in [-0.2, -0.15) is 0 Å². The molecule has 9 nitrogen and oxygen atoms in total. The van der Waals surface area contributed by atoms with Crippen molar-refractivity contribution in [1.29, 1.82) is 0 Å². The molecule has 3 rings (SSSR count). The van der Waals surface area contributed by atoms with Gasteiger partial charge in [-0.3, -0.25) is 10.1 Å². The normalized spacial score (nSPS) is 11.3. The Morgan fingerprint density at radius 3 is 2.67 bits per heavy atom. The SMILES string of the molecule is CC(C)(C)OC(=O)c1cn(CCCNc2ccc([N+](=O)[O-])c(N)n2)cc1-c1cccc(Cl)c1. The zero-order valence-electron chi connectivity index (χ0n) is 18.7. The number of pyridine rings is 1. The van der Waals surface area contributed by atoms with E-state index in [1.165, 1.54) is 12.1 Å². The quantitative estimate of drug-likeness (QED) is 0.201. The lowest BCUT2D eigenvalue weighted by Gasteiger charge is -2.19. The Labute approximate surface area is 196 Å². The summed E-state index contributed by atoms with van der Waals surface area (Å²) >= 11 is 6.16. The van der Waals surface area contributed by atoms with Gasteiger partial charge in [0, 0.05) is 42.1 Å². The first-order valence-corrected chi connectivity index (χ1v) is 10.7. The summed E-state index contributed by atoms with van der Waals surface area (Å²) in [6.45, 7) is 6.64. The van der Waals surface area contributed by atoms with Crippen LogP contribution < -0.4 is 11.1 Å². The molecule has 0 fully saturated rings. The number of hydrogen-bond acceptors (Lipinski definition) is 7. The van der Waals surface area contributed by atoms with Crippen LogP contribution in [0, 0.1) is 10.1 Å². The van der Waals surface area contributed by atoms with Crippen molar-refractivity contribution in [2.45, 2.75) is 39.3 Å². The molecule has 0 aliphatic rings. The topological polar surface area (TPSA) is 125 Å². The molecule has 0 spiro atoms. The van der Waals surface area contributed by atoms with E-state index in [9.17, 15) is 14.9 Å². The van der Waals surface area contributed by atoms with Crippen molar-refractivity contribution in [3.8, 4) is 11.1 Å². The van der Waals surface area contributed by atoms with Gasteiger partial charge in [-0.15, -0.1) is 0 Å². The molecule has 3 N–H and O–H groups in total. The van der Waals surface area contributed by atoms with Crippen LogP contribution in [-0.2, 0) is 11.3 Å². The molecular formula is C23H26ClN5O4. The zero-order chi connectivity index (χ0) is 24.2. The van der Waals surface area contributed by atoms with E-state index in [4.69, 9.17) is 22.1 Å². The van der Waals surface area contributed by atoms with Crippen LogP contribution in [0.2, 0.25) is 5.02 Å². The number of nitrogen functional groups attached to an aromatic ring is 1. The summed E-state index contributed by atoms with van der Waals surface area (Å²) in [6.07, 6.45) is 4.37. The summed E-state index contributed by atoms with van der Waals surface area (Å²) < 4.78 is 7.51. The highest BCUT2D eigenvalue weighted by Gasteiger charge is 2.23. The molecule has 0 aliphatic carbocycles. The van der Waals surface area contributed by atoms with Crippen LogP contribution >= 0.6 is 11.6 Å². The van der Waals surface area contributed by atoms with Crippen molar-refractivity contribution in [3.63, 3.8) is 0 Å². The van der Waals surface area contributed by atoms with Crippen LogP contribution in [-0.4, -0.2) is 32.6 Å². The van der Waals surface area contributed by atoms with E-state index in [1.807, 2.05) is 43.7 Å². The summed E-state index contributed by atoms with van der Waals surface area (Å²) in [7, 11) is 0. The Morgan fingerprint density at radius 1 is 1.27 bits per heavy atom. The summed E-state index contributed by atoms with van der Waals surface area (Å²) in [6, 6.07) is 10.1. The molecule has 33 heavy (non-hydrogen) atoms. The fraction of sp³-hybridized carbons (Fsp3) is 0.304. The molecule has 2 aromatic heterocycles. The third-order valence-corrected chi connectivity index (χ3v) is 4.87. The van der Waals surface area contributed by atoms with E-state index < -0.39 is 16.5 Å². The van der Waals surface area contributed by atoms with Gasteiger partial charge in [-0.05, 0) is 51.0 Å². The maximum Gasteiger partial charge on any atom is 0.340 e. The van der Waals surface area contributed by atoms with Gasteiger partial charge in [0.1, 0.15) is 11.4 Å². The van der Waals surface area contributed by atoms with Crippen LogP contribution in [0.25, 0.3) is 11.1 Å². The third kappa shape index (κ3) is 6.45. The van der Waals surface area contributed by atoms with Gasteiger partial charge in [0.2, 0.25) is 5.82 Å². The largest absolute Gasteiger partial charge is 0.456 e. The van der Waals surface area contributed by atoms with Crippen LogP contribution in [0.4, 0.5) is 17.3 Å². The molecule has 174 valence electrons. The Hall–Kier alpha value is -3.59. The number of nitro groups is 1. The molecule has 1 aromatic carbocycles. The average Bonchev–Trinajstić information content (AvgIpc) is 3.14. The van der Waals surface area contributed by atoms with E-state index in [0.717, 1.165) is 11.1 Å². The minimum atomic E-state index is -0.617. The zero-order valence-corrected chi connectivity index (χ0v) is 19.4. The number of aryl methyl sites for hydroxylation is 1. The maximum atomic E-state index is 12.8. The smallest absolute Gasteiger partial charge is 0.340 e. The molecule has 10 heteroatoms. The van der Waals surface area contributed by atoms with Gasteiger partial charge in [0.15, 0.2) is 0 Å². The number of nitrogens with zero attached hydrogens (tertiary/aromatic N) is 3. The fourth-order valence-corrected chi connectivity index (χ4v) is 3.41. The van der Waals surface area contributed by atoms with E-state index in [-0.39, 0.29) is 11.5 Å². The number of aromatic nitrogens is 2. The number of carbonyl (C=O) groups excluding carboxylic acids is 1. The number of esters is 1. The lowest BCUT2D eigenvalue weighted by Crippen LogP contribution is -2.24. The van der Waals surface area contributed by atoms with Crippen LogP contribution in [0.1, 0.15) is 37.6 Å². The molecule has 0 aliphatic heterocycles. The van der Waals surface area contributed by atoms with Gasteiger partial charge in [0.25, 0.3) is 0 Å². The number of nitrogens with two attached hydrogens (primary N) is 1. The first kappa shape index (κ1) is 24.1. The minimum absolute atomic E-state index is 0.136. The Kier molecular flexibility index (Phi) is 7.23. The van der Waals surface area contributed by atoms with Crippen molar-refractivity contribution < 1.29 is 14.5 Å².